The molecule has 5 heteroatoms. The van der Waals surface area contributed by atoms with Gasteiger partial charge in [-0.15, -0.1) is 11.3 Å². The van der Waals surface area contributed by atoms with E-state index in [4.69, 9.17) is 27.9 Å². The minimum absolute atomic E-state index is 0.387. The van der Waals surface area contributed by atoms with E-state index in [2.05, 4.69) is 19.2 Å². The summed E-state index contributed by atoms with van der Waals surface area (Å²) >= 11 is 14.0. The number of benzene rings is 1. The van der Waals surface area contributed by atoms with E-state index in [0.717, 1.165) is 5.56 Å². The van der Waals surface area contributed by atoms with E-state index in [-0.39, 0.29) is 0 Å². The third-order valence-corrected chi connectivity index (χ3v) is 4.07. The van der Waals surface area contributed by atoms with E-state index in [0.29, 0.717) is 35.0 Å². The topological polar surface area (TPSA) is 21.3 Å². The number of thiophene rings is 1. The molecular formula is C15H17Cl2NOS. The van der Waals surface area contributed by atoms with Crippen LogP contribution in [0.15, 0.2) is 29.6 Å². The zero-order valence-corrected chi connectivity index (χ0v) is 13.8. The molecule has 0 bridgehead atoms. The summed E-state index contributed by atoms with van der Waals surface area (Å²) in [5.74, 6) is 0.706. The van der Waals surface area contributed by atoms with Crippen molar-refractivity contribution in [1.82, 2.24) is 5.32 Å². The van der Waals surface area contributed by atoms with E-state index < -0.39 is 0 Å². The molecule has 0 atom stereocenters. The zero-order valence-electron chi connectivity index (χ0n) is 11.5. The van der Waals surface area contributed by atoms with Crippen LogP contribution in [0, 0.1) is 0 Å². The Bertz CT molecular complexity index is 555. The average Bonchev–Trinajstić information content (AvgIpc) is 2.88. The molecule has 20 heavy (non-hydrogen) atoms. The van der Waals surface area contributed by atoms with Gasteiger partial charge >= 0.3 is 0 Å². The fourth-order valence-corrected chi connectivity index (χ4v) is 2.96. The highest BCUT2D eigenvalue weighted by Crippen LogP contribution is 2.33. The lowest BCUT2D eigenvalue weighted by Gasteiger charge is -2.15. The van der Waals surface area contributed by atoms with Gasteiger partial charge in [-0.25, -0.2) is 0 Å². The van der Waals surface area contributed by atoms with E-state index >= 15 is 0 Å². The van der Waals surface area contributed by atoms with Crippen LogP contribution in [0.1, 0.15) is 24.3 Å². The number of hydrogen-bond acceptors (Lipinski definition) is 3. The van der Waals surface area contributed by atoms with Crippen LogP contribution in [-0.2, 0) is 13.2 Å². The van der Waals surface area contributed by atoms with Crippen LogP contribution in [0.25, 0.3) is 0 Å². The molecule has 0 fully saturated rings. The Morgan fingerprint density at radius 1 is 1.30 bits per heavy atom. The lowest BCUT2D eigenvalue weighted by Crippen LogP contribution is -2.22. The normalized spacial score (nSPS) is 11.1. The van der Waals surface area contributed by atoms with Gasteiger partial charge in [0.25, 0.3) is 0 Å². The van der Waals surface area contributed by atoms with Crippen LogP contribution in [0.2, 0.25) is 10.0 Å². The van der Waals surface area contributed by atoms with Crippen molar-refractivity contribution in [2.24, 2.45) is 0 Å². The summed E-state index contributed by atoms with van der Waals surface area (Å²) in [6.45, 7) is 5.39. The molecule has 0 aliphatic rings. The first kappa shape index (κ1) is 15.6. The number of nitrogens with one attached hydrogen (secondary N) is 1. The monoisotopic (exact) mass is 329 g/mol. The van der Waals surface area contributed by atoms with Gasteiger partial charge < -0.3 is 10.1 Å². The number of hydrogen-bond donors (Lipinski definition) is 1. The first-order valence-electron chi connectivity index (χ1n) is 6.42. The Morgan fingerprint density at radius 3 is 2.75 bits per heavy atom. The van der Waals surface area contributed by atoms with E-state index in [1.165, 1.54) is 4.88 Å². The molecule has 0 aliphatic carbocycles. The van der Waals surface area contributed by atoms with Crippen LogP contribution >= 0.6 is 34.5 Å². The van der Waals surface area contributed by atoms with Crippen LogP contribution < -0.4 is 10.1 Å². The molecule has 2 rings (SSSR count). The summed E-state index contributed by atoms with van der Waals surface area (Å²) in [5, 5.41) is 6.56. The van der Waals surface area contributed by atoms with Crippen molar-refractivity contribution in [1.29, 1.82) is 0 Å². The van der Waals surface area contributed by atoms with Crippen molar-refractivity contribution in [2.45, 2.75) is 33.0 Å². The highest BCUT2D eigenvalue weighted by molar-refractivity contribution is 7.09. The van der Waals surface area contributed by atoms with Crippen molar-refractivity contribution in [3.63, 3.8) is 0 Å². The van der Waals surface area contributed by atoms with Crippen LogP contribution in [-0.4, -0.2) is 6.04 Å². The van der Waals surface area contributed by atoms with Crippen molar-refractivity contribution < 1.29 is 4.74 Å². The Kier molecular flexibility index (Phi) is 5.73. The molecule has 1 aromatic heterocycles. The lowest BCUT2D eigenvalue weighted by atomic mass is 10.2. The molecule has 1 N–H and O–H groups in total. The van der Waals surface area contributed by atoms with Gasteiger partial charge in [-0.3, -0.25) is 0 Å². The lowest BCUT2D eigenvalue weighted by molar-refractivity contribution is 0.305. The van der Waals surface area contributed by atoms with Gasteiger partial charge in [-0.1, -0.05) is 43.1 Å². The average molecular weight is 330 g/mol. The minimum Gasteiger partial charge on any atom is -0.486 e. The SMILES string of the molecule is CC(C)NCc1cc(Cl)cc(Cl)c1OCc1cccs1. The maximum atomic E-state index is 6.26. The fourth-order valence-electron chi connectivity index (χ4n) is 1.76. The first-order chi connectivity index (χ1) is 9.56. The summed E-state index contributed by atoms with van der Waals surface area (Å²) in [5.41, 5.74) is 0.979. The smallest absolute Gasteiger partial charge is 0.143 e. The molecule has 108 valence electrons. The number of ether oxygens (including phenoxy) is 1. The molecule has 2 nitrogen and oxygen atoms in total. The maximum absolute atomic E-state index is 6.26. The Morgan fingerprint density at radius 2 is 2.10 bits per heavy atom. The molecule has 0 unspecified atom stereocenters. The molecular weight excluding hydrogens is 313 g/mol. The zero-order chi connectivity index (χ0) is 14.5. The number of rotatable bonds is 6. The van der Waals surface area contributed by atoms with Gasteiger partial charge in [0.05, 0.1) is 5.02 Å². The Hall–Kier alpha value is -0.740. The van der Waals surface area contributed by atoms with Crippen molar-refractivity contribution in [2.75, 3.05) is 0 Å². The van der Waals surface area contributed by atoms with Crippen molar-refractivity contribution >= 4 is 34.5 Å². The second-order valence-electron chi connectivity index (χ2n) is 4.78. The Labute approximate surface area is 133 Å². The summed E-state index contributed by atoms with van der Waals surface area (Å²) in [6.07, 6.45) is 0. The molecule has 0 radical (unpaired) electrons. The van der Waals surface area contributed by atoms with Gasteiger partial charge in [-0.05, 0) is 23.6 Å². The van der Waals surface area contributed by atoms with E-state index in [1.807, 2.05) is 23.6 Å². The summed E-state index contributed by atoms with van der Waals surface area (Å²) in [6, 6.07) is 8.05. The standard InChI is InChI=1S/C15H17Cl2NOS/c1-10(2)18-8-11-6-12(16)7-14(17)15(11)19-9-13-4-3-5-20-13/h3-7,10,18H,8-9H2,1-2H3. The third kappa shape index (κ3) is 4.38. The van der Waals surface area contributed by atoms with Crippen molar-refractivity contribution in [3.05, 3.63) is 50.1 Å². The molecule has 0 saturated carbocycles. The predicted octanol–water partition coefficient (Wildman–Crippen LogP) is 5.13. The summed E-state index contributed by atoms with van der Waals surface area (Å²) in [4.78, 5) is 1.17. The van der Waals surface area contributed by atoms with Crippen LogP contribution in [0.5, 0.6) is 5.75 Å². The minimum atomic E-state index is 0.387. The largest absolute Gasteiger partial charge is 0.486 e. The van der Waals surface area contributed by atoms with E-state index in [9.17, 15) is 0 Å². The summed E-state index contributed by atoms with van der Waals surface area (Å²) in [7, 11) is 0. The predicted molar refractivity (Wildman–Crippen MR) is 87.1 cm³/mol. The molecule has 0 amide bonds. The highest BCUT2D eigenvalue weighted by atomic mass is 35.5. The van der Waals surface area contributed by atoms with Crippen molar-refractivity contribution in [3.8, 4) is 5.75 Å². The van der Waals surface area contributed by atoms with Gasteiger partial charge in [0.1, 0.15) is 12.4 Å². The molecule has 1 heterocycles. The third-order valence-electron chi connectivity index (χ3n) is 2.72. The molecule has 0 aliphatic heterocycles. The molecule has 0 saturated heterocycles. The maximum Gasteiger partial charge on any atom is 0.143 e. The Balaban J connectivity index is 2.16. The van der Waals surface area contributed by atoms with Gasteiger partial charge in [-0.2, -0.15) is 0 Å². The van der Waals surface area contributed by atoms with Gasteiger partial charge in [0.2, 0.25) is 0 Å². The molecule has 1 aromatic carbocycles. The van der Waals surface area contributed by atoms with Crippen LogP contribution in [0.4, 0.5) is 0 Å². The van der Waals surface area contributed by atoms with Gasteiger partial charge in [0.15, 0.2) is 0 Å². The molecule has 0 spiro atoms. The first-order valence-corrected chi connectivity index (χ1v) is 8.06. The van der Waals surface area contributed by atoms with Gasteiger partial charge in [0, 0.05) is 28.0 Å². The van der Waals surface area contributed by atoms with Crippen LogP contribution in [0.3, 0.4) is 0 Å². The summed E-state index contributed by atoms with van der Waals surface area (Å²) < 4.78 is 5.88. The quantitative estimate of drug-likeness (QED) is 0.792. The molecule has 2 aromatic rings. The second-order valence-corrected chi connectivity index (χ2v) is 6.66. The fraction of sp³-hybridized carbons (Fsp3) is 0.333. The highest BCUT2D eigenvalue weighted by Gasteiger charge is 2.11. The van der Waals surface area contributed by atoms with E-state index in [1.54, 1.807) is 17.4 Å². The number of halogens is 2. The second kappa shape index (κ2) is 7.32.